The lowest BCUT2D eigenvalue weighted by Gasteiger charge is -2.18. The molecule has 0 aliphatic carbocycles. The molecule has 1 aromatic heterocycles. The van der Waals surface area contributed by atoms with E-state index in [2.05, 4.69) is 28.7 Å². The summed E-state index contributed by atoms with van der Waals surface area (Å²) in [5, 5.41) is 8.88. The summed E-state index contributed by atoms with van der Waals surface area (Å²) in [5.41, 5.74) is 1.35. The van der Waals surface area contributed by atoms with Gasteiger partial charge in [-0.25, -0.2) is 0 Å². The quantitative estimate of drug-likeness (QED) is 0.786. The van der Waals surface area contributed by atoms with Gasteiger partial charge < -0.3 is 14.7 Å². The molecule has 1 saturated heterocycles. The molecule has 1 N–H and O–H groups in total. The van der Waals surface area contributed by atoms with Gasteiger partial charge in [0, 0.05) is 25.6 Å². The molecular formula is C20H19N3O3. The van der Waals surface area contributed by atoms with E-state index in [4.69, 9.17) is 4.52 Å². The average Bonchev–Trinajstić information content (AvgIpc) is 3.21. The maximum atomic E-state index is 12.4. The predicted molar refractivity (Wildman–Crippen MR) is 96.5 cm³/mol. The van der Waals surface area contributed by atoms with Crippen molar-refractivity contribution in [2.45, 2.75) is 25.9 Å². The van der Waals surface area contributed by atoms with E-state index in [1.54, 1.807) is 17.9 Å². The van der Waals surface area contributed by atoms with Crippen LogP contribution in [0.1, 0.15) is 28.2 Å². The Labute approximate surface area is 150 Å². The van der Waals surface area contributed by atoms with Gasteiger partial charge in [0.1, 0.15) is 5.76 Å². The number of nitrogens with zero attached hydrogens (tertiary/aromatic N) is 2. The maximum absolute atomic E-state index is 12.4. The van der Waals surface area contributed by atoms with Gasteiger partial charge in [-0.1, -0.05) is 47.6 Å². The number of rotatable bonds is 4. The maximum Gasteiger partial charge on any atom is 0.273 e. The highest BCUT2D eigenvalue weighted by molar-refractivity contribution is 5.93. The topological polar surface area (TPSA) is 75.4 Å². The van der Waals surface area contributed by atoms with Crippen LogP contribution >= 0.6 is 0 Å². The third-order valence-electron chi connectivity index (χ3n) is 4.65. The summed E-state index contributed by atoms with van der Waals surface area (Å²) in [7, 11) is 0. The first-order chi connectivity index (χ1) is 12.6. The molecule has 4 rings (SSSR count). The first kappa shape index (κ1) is 16.3. The molecule has 1 atom stereocenters. The van der Waals surface area contributed by atoms with E-state index in [1.807, 2.05) is 24.3 Å². The van der Waals surface area contributed by atoms with Crippen molar-refractivity contribution in [1.82, 2.24) is 15.4 Å². The Balaban J connectivity index is 1.45. The van der Waals surface area contributed by atoms with Crippen LogP contribution in [-0.2, 0) is 11.3 Å². The van der Waals surface area contributed by atoms with Crippen molar-refractivity contribution in [2.24, 2.45) is 0 Å². The molecule has 26 heavy (non-hydrogen) atoms. The largest absolute Gasteiger partial charge is 0.361 e. The molecule has 2 aromatic carbocycles. The Bertz CT molecular complexity index is 974. The van der Waals surface area contributed by atoms with E-state index in [1.165, 1.54) is 0 Å². The lowest BCUT2D eigenvalue weighted by molar-refractivity contribution is -0.128. The number of aryl methyl sites for hydroxylation is 1. The number of hydrogen-bond acceptors (Lipinski definition) is 4. The Kier molecular flexibility index (Phi) is 4.16. The molecule has 0 saturated carbocycles. The molecule has 0 bridgehead atoms. The number of carbonyl (C=O) groups is 2. The summed E-state index contributed by atoms with van der Waals surface area (Å²) in [6, 6.07) is 15.6. The number of aromatic nitrogens is 1. The van der Waals surface area contributed by atoms with Gasteiger partial charge in [0.25, 0.3) is 5.91 Å². The van der Waals surface area contributed by atoms with Gasteiger partial charge in [-0.15, -0.1) is 0 Å². The molecule has 2 heterocycles. The molecule has 6 nitrogen and oxygen atoms in total. The number of benzene rings is 2. The molecule has 132 valence electrons. The minimum atomic E-state index is -0.313. The Hall–Kier alpha value is -3.15. The van der Waals surface area contributed by atoms with E-state index in [9.17, 15) is 9.59 Å². The first-order valence-corrected chi connectivity index (χ1v) is 8.59. The Morgan fingerprint density at radius 3 is 2.88 bits per heavy atom. The molecule has 6 heteroatoms. The zero-order chi connectivity index (χ0) is 18.1. The van der Waals surface area contributed by atoms with Crippen LogP contribution in [-0.4, -0.2) is 34.5 Å². The number of hydrogen-bond donors (Lipinski definition) is 1. The number of likely N-dealkylation sites (tertiary alicyclic amines) is 1. The van der Waals surface area contributed by atoms with E-state index in [-0.39, 0.29) is 23.6 Å². The second-order valence-electron chi connectivity index (χ2n) is 6.61. The molecule has 2 amide bonds. The van der Waals surface area contributed by atoms with Gasteiger partial charge in [-0.05, 0) is 23.3 Å². The molecule has 1 fully saturated rings. The third-order valence-corrected chi connectivity index (χ3v) is 4.65. The van der Waals surface area contributed by atoms with Gasteiger partial charge in [0.2, 0.25) is 5.91 Å². The summed E-state index contributed by atoms with van der Waals surface area (Å²) in [6.45, 7) is 2.76. The van der Waals surface area contributed by atoms with Gasteiger partial charge in [0.05, 0.1) is 6.04 Å². The van der Waals surface area contributed by atoms with E-state index < -0.39 is 0 Å². The highest BCUT2D eigenvalue weighted by Crippen LogP contribution is 2.22. The van der Waals surface area contributed by atoms with Crippen LogP contribution in [0, 0.1) is 6.92 Å². The van der Waals surface area contributed by atoms with Crippen molar-refractivity contribution in [3.8, 4) is 0 Å². The van der Waals surface area contributed by atoms with E-state index >= 15 is 0 Å². The van der Waals surface area contributed by atoms with Crippen molar-refractivity contribution >= 4 is 22.6 Å². The van der Waals surface area contributed by atoms with Gasteiger partial charge in [-0.3, -0.25) is 9.59 Å². The molecule has 1 aliphatic rings. The van der Waals surface area contributed by atoms with Crippen LogP contribution in [0.4, 0.5) is 0 Å². The second kappa shape index (κ2) is 6.63. The van der Waals surface area contributed by atoms with Crippen molar-refractivity contribution in [1.29, 1.82) is 0 Å². The van der Waals surface area contributed by atoms with E-state index in [0.29, 0.717) is 25.3 Å². The fourth-order valence-electron chi connectivity index (χ4n) is 3.39. The smallest absolute Gasteiger partial charge is 0.273 e. The number of amides is 2. The van der Waals surface area contributed by atoms with Crippen molar-refractivity contribution < 1.29 is 14.1 Å². The molecule has 1 aliphatic heterocycles. The number of nitrogens with one attached hydrogen (secondary N) is 1. The zero-order valence-corrected chi connectivity index (χ0v) is 14.4. The predicted octanol–water partition coefficient (Wildman–Crippen LogP) is 2.67. The molecule has 3 aromatic rings. The van der Waals surface area contributed by atoms with Crippen LogP contribution in [0.15, 0.2) is 53.1 Å². The fraction of sp³-hybridized carbons (Fsp3) is 0.250. The number of fused-ring (bicyclic) bond motifs is 1. The molecule has 0 spiro atoms. The number of carbonyl (C=O) groups excluding carboxylic acids is 2. The average molecular weight is 349 g/mol. The lowest BCUT2D eigenvalue weighted by Crippen LogP contribution is -2.37. The van der Waals surface area contributed by atoms with Gasteiger partial charge >= 0.3 is 0 Å². The summed E-state index contributed by atoms with van der Waals surface area (Å²) in [4.78, 5) is 26.4. The first-order valence-electron chi connectivity index (χ1n) is 8.59. The summed E-state index contributed by atoms with van der Waals surface area (Å²) in [5.74, 6) is 0.307. The monoisotopic (exact) mass is 349 g/mol. The normalized spacial score (nSPS) is 17.0. The highest BCUT2D eigenvalue weighted by Gasteiger charge is 2.31. The van der Waals surface area contributed by atoms with E-state index in [0.717, 1.165) is 16.3 Å². The van der Waals surface area contributed by atoms with Crippen molar-refractivity contribution in [2.75, 3.05) is 6.54 Å². The summed E-state index contributed by atoms with van der Waals surface area (Å²) < 4.78 is 4.92. The second-order valence-corrected chi connectivity index (χ2v) is 6.61. The van der Waals surface area contributed by atoms with Crippen molar-refractivity contribution in [3.63, 3.8) is 0 Å². The minimum absolute atomic E-state index is 0.0413. The van der Waals surface area contributed by atoms with Gasteiger partial charge in [-0.2, -0.15) is 0 Å². The lowest BCUT2D eigenvalue weighted by atomic mass is 10.0. The van der Waals surface area contributed by atoms with Crippen LogP contribution in [0.2, 0.25) is 0 Å². The third kappa shape index (κ3) is 3.18. The minimum Gasteiger partial charge on any atom is -0.361 e. The van der Waals surface area contributed by atoms with Crippen LogP contribution < -0.4 is 5.32 Å². The zero-order valence-electron chi connectivity index (χ0n) is 14.4. The standard InChI is InChI=1S/C20H19N3O3/c1-13-9-18(22-26-13)20(25)21-16-10-19(24)23(12-16)11-15-7-4-6-14-5-2-3-8-17(14)15/h2-9,16H,10-12H2,1H3,(H,21,25). The Morgan fingerprint density at radius 2 is 2.08 bits per heavy atom. The Morgan fingerprint density at radius 1 is 1.27 bits per heavy atom. The summed E-state index contributed by atoms with van der Waals surface area (Å²) in [6.07, 6.45) is 0.299. The molecule has 1 unspecified atom stereocenters. The summed E-state index contributed by atoms with van der Waals surface area (Å²) >= 11 is 0. The highest BCUT2D eigenvalue weighted by atomic mass is 16.5. The van der Waals surface area contributed by atoms with Crippen LogP contribution in [0.3, 0.4) is 0 Å². The molecule has 0 radical (unpaired) electrons. The fourth-order valence-corrected chi connectivity index (χ4v) is 3.39. The SMILES string of the molecule is Cc1cc(C(=O)NC2CC(=O)N(Cc3cccc4ccccc34)C2)no1. The van der Waals surface area contributed by atoms with Crippen LogP contribution in [0.25, 0.3) is 10.8 Å². The molecular weight excluding hydrogens is 330 g/mol. The van der Waals surface area contributed by atoms with Crippen molar-refractivity contribution in [3.05, 3.63) is 65.5 Å². The van der Waals surface area contributed by atoms with Crippen LogP contribution in [0.5, 0.6) is 0 Å². The van der Waals surface area contributed by atoms with Gasteiger partial charge in [0.15, 0.2) is 5.69 Å².